The largest absolute Gasteiger partial charge is 0.486 e. The average Bonchev–Trinajstić information content (AvgIpc) is 2.73. The number of fused-ring (bicyclic) bond motifs is 1. The van der Waals surface area contributed by atoms with Gasteiger partial charge in [-0.15, -0.1) is 0 Å². The Bertz CT molecular complexity index is 881. The van der Waals surface area contributed by atoms with E-state index in [0.717, 1.165) is 29.5 Å². The molecule has 0 saturated heterocycles. The van der Waals surface area contributed by atoms with Crippen LogP contribution in [0.4, 0.5) is 0 Å². The van der Waals surface area contributed by atoms with E-state index in [2.05, 4.69) is 53.8 Å². The Labute approximate surface area is 164 Å². The molecular weight excluding hydrogens is 358 g/mol. The second kappa shape index (κ2) is 8.47. The van der Waals surface area contributed by atoms with Gasteiger partial charge in [-0.1, -0.05) is 60.1 Å². The monoisotopic (exact) mass is 379 g/mol. The van der Waals surface area contributed by atoms with Crippen molar-refractivity contribution in [2.45, 2.75) is 12.5 Å². The van der Waals surface area contributed by atoms with E-state index in [9.17, 15) is 0 Å². The van der Waals surface area contributed by atoms with E-state index in [4.69, 9.17) is 21.1 Å². The van der Waals surface area contributed by atoms with Gasteiger partial charge in [0.25, 0.3) is 0 Å². The zero-order chi connectivity index (χ0) is 18.5. The van der Waals surface area contributed by atoms with Crippen LogP contribution in [0, 0.1) is 0 Å². The maximum atomic E-state index is 6.06. The Kier molecular flexibility index (Phi) is 5.61. The highest BCUT2D eigenvalue weighted by molar-refractivity contribution is 6.30. The first-order valence-corrected chi connectivity index (χ1v) is 9.60. The van der Waals surface area contributed by atoms with Gasteiger partial charge in [-0.25, -0.2) is 0 Å². The molecule has 1 atom stereocenters. The number of halogens is 1. The number of hydrogen-bond acceptors (Lipinski definition) is 3. The number of ether oxygens (including phenoxy) is 2. The van der Waals surface area contributed by atoms with Crippen LogP contribution in [-0.2, 0) is 6.42 Å². The van der Waals surface area contributed by atoms with Gasteiger partial charge in [-0.05, 0) is 47.4 Å². The van der Waals surface area contributed by atoms with E-state index in [1.54, 1.807) is 0 Å². The van der Waals surface area contributed by atoms with Gasteiger partial charge in [0.2, 0.25) is 0 Å². The second-order valence-electron chi connectivity index (χ2n) is 6.58. The fraction of sp³-hybridized carbons (Fsp3) is 0.217. The van der Waals surface area contributed by atoms with Crippen LogP contribution in [0.3, 0.4) is 0 Å². The van der Waals surface area contributed by atoms with Gasteiger partial charge in [0.15, 0.2) is 11.5 Å². The fourth-order valence-corrected chi connectivity index (χ4v) is 3.46. The molecule has 0 amide bonds. The van der Waals surface area contributed by atoms with Gasteiger partial charge in [-0.3, -0.25) is 0 Å². The highest BCUT2D eigenvalue weighted by atomic mass is 35.5. The first kappa shape index (κ1) is 17.9. The zero-order valence-corrected chi connectivity index (χ0v) is 15.8. The van der Waals surface area contributed by atoms with Crippen LogP contribution in [0.5, 0.6) is 11.5 Å². The van der Waals surface area contributed by atoms with E-state index in [1.165, 1.54) is 16.7 Å². The van der Waals surface area contributed by atoms with Crippen molar-refractivity contribution in [3.8, 4) is 11.5 Å². The summed E-state index contributed by atoms with van der Waals surface area (Å²) in [5.41, 5.74) is 3.67. The summed E-state index contributed by atoms with van der Waals surface area (Å²) in [6.07, 6.45) is 0.910. The summed E-state index contributed by atoms with van der Waals surface area (Å²) < 4.78 is 11.3. The highest BCUT2D eigenvalue weighted by Gasteiger charge is 2.14. The van der Waals surface area contributed by atoms with Gasteiger partial charge < -0.3 is 14.8 Å². The normalized spacial score (nSPS) is 14.0. The van der Waals surface area contributed by atoms with Crippen molar-refractivity contribution in [3.05, 3.63) is 94.5 Å². The van der Waals surface area contributed by atoms with Crippen LogP contribution >= 0.6 is 11.6 Å². The minimum Gasteiger partial charge on any atom is -0.486 e. The standard InChI is InChI=1S/C23H22ClNO2/c24-20-9-7-19(8-10-20)23(18-4-2-1-3-5-18)25-13-12-17-6-11-21-22(16-17)27-15-14-26-21/h1-11,16,23,25H,12-15H2/t23-/m0/s1. The number of hydrogen-bond donors (Lipinski definition) is 1. The molecule has 0 fully saturated rings. The lowest BCUT2D eigenvalue weighted by atomic mass is 9.98. The van der Waals surface area contributed by atoms with Crippen LogP contribution in [0.15, 0.2) is 72.8 Å². The van der Waals surface area contributed by atoms with Crippen LogP contribution in [0.2, 0.25) is 5.02 Å². The molecule has 1 N–H and O–H groups in total. The summed E-state index contributed by atoms with van der Waals surface area (Å²) in [6.45, 7) is 2.08. The predicted octanol–water partition coefficient (Wildman–Crippen LogP) is 5.03. The van der Waals surface area contributed by atoms with Crippen LogP contribution in [-0.4, -0.2) is 19.8 Å². The molecule has 27 heavy (non-hydrogen) atoms. The van der Waals surface area contributed by atoms with Crippen molar-refractivity contribution < 1.29 is 9.47 Å². The summed E-state index contributed by atoms with van der Waals surface area (Å²) in [7, 11) is 0. The molecule has 0 radical (unpaired) electrons. The molecule has 0 saturated carbocycles. The van der Waals surface area contributed by atoms with E-state index in [1.807, 2.05) is 24.3 Å². The van der Waals surface area contributed by atoms with Gasteiger partial charge in [0.05, 0.1) is 6.04 Å². The molecule has 1 aliphatic rings. The number of rotatable bonds is 6. The Hall–Kier alpha value is -2.49. The summed E-state index contributed by atoms with van der Waals surface area (Å²) in [5.74, 6) is 1.68. The smallest absolute Gasteiger partial charge is 0.161 e. The topological polar surface area (TPSA) is 30.5 Å². The molecule has 1 aliphatic heterocycles. The van der Waals surface area contributed by atoms with Crippen LogP contribution < -0.4 is 14.8 Å². The summed E-state index contributed by atoms with van der Waals surface area (Å²) >= 11 is 6.06. The zero-order valence-electron chi connectivity index (χ0n) is 15.0. The molecule has 0 aliphatic carbocycles. The van der Waals surface area contributed by atoms with Crippen molar-refractivity contribution in [3.63, 3.8) is 0 Å². The highest BCUT2D eigenvalue weighted by Crippen LogP contribution is 2.31. The summed E-state index contributed by atoms with van der Waals surface area (Å²) in [4.78, 5) is 0. The summed E-state index contributed by atoms with van der Waals surface area (Å²) in [5, 5.41) is 4.44. The molecule has 0 spiro atoms. The molecule has 3 aromatic carbocycles. The molecule has 0 aromatic heterocycles. The molecule has 138 valence electrons. The molecule has 3 aromatic rings. The minimum atomic E-state index is 0.126. The Morgan fingerprint density at radius 1 is 0.815 bits per heavy atom. The molecule has 3 nitrogen and oxygen atoms in total. The van der Waals surface area contributed by atoms with Crippen molar-refractivity contribution in [2.24, 2.45) is 0 Å². The van der Waals surface area contributed by atoms with E-state index < -0.39 is 0 Å². The van der Waals surface area contributed by atoms with Crippen molar-refractivity contribution >= 4 is 11.6 Å². The third-order valence-electron chi connectivity index (χ3n) is 4.70. The van der Waals surface area contributed by atoms with E-state index in [-0.39, 0.29) is 6.04 Å². The Balaban J connectivity index is 1.46. The molecule has 4 rings (SSSR count). The third-order valence-corrected chi connectivity index (χ3v) is 4.96. The van der Waals surface area contributed by atoms with Crippen molar-refractivity contribution in [1.82, 2.24) is 5.32 Å². The second-order valence-corrected chi connectivity index (χ2v) is 7.01. The summed E-state index contributed by atoms with van der Waals surface area (Å²) in [6, 6.07) is 24.8. The maximum absolute atomic E-state index is 6.06. The van der Waals surface area contributed by atoms with Crippen LogP contribution in [0.1, 0.15) is 22.7 Å². The number of nitrogens with one attached hydrogen (secondary N) is 1. The van der Waals surface area contributed by atoms with Gasteiger partial charge >= 0.3 is 0 Å². The van der Waals surface area contributed by atoms with E-state index in [0.29, 0.717) is 13.2 Å². The number of benzene rings is 3. The van der Waals surface area contributed by atoms with Crippen molar-refractivity contribution in [2.75, 3.05) is 19.8 Å². The molecule has 1 heterocycles. The maximum Gasteiger partial charge on any atom is 0.161 e. The lowest BCUT2D eigenvalue weighted by molar-refractivity contribution is 0.171. The first-order chi connectivity index (χ1) is 13.3. The van der Waals surface area contributed by atoms with Gasteiger partial charge in [0, 0.05) is 11.6 Å². The molecular formula is C23H22ClNO2. The lowest BCUT2D eigenvalue weighted by Gasteiger charge is -2.21. The fourth-order valence-electron chi connectivity index (χ4n) is 3.33. The minimum absolute atomic E-state index is 0.126. The molecule has 4 heteroatoms. The van der Waals surface area contributed by atoms with Crippen molar-refractivity contribution in [1.29, 1.82) is 0 Å². The third kappa shape index (κ3) is 4.44. The Morgan fingerprint density at radius 3 is 2.30 bits per heavy atom. The average molecular weight is 380 g/mol. The predicted molar refractivity (Wildman–Crippen MR) is 109 cm³/mol. The van der Waals surface area contributed by atoms with Gasteiger partial charge in [0.1, 0.15) is 13.2 Å². The lowest BCUT2D eigenvalue weighted by Crippen LogP contribution is -2.24. The SMILES string of the molecule is Clc1ccc([C@@H](NCCc2ccc3c(c2)OCCO3)c2ccccc2)cc1. The quantitative estimate of drug-likeness (QED) is 0.651. The molecule has 0 bridgehead atoms. The molecule has 0 unspecified atom stereocenters. The first-order valence-electron chi connectivity index (χ1n) is 9.22. The van der Waals surface area contributed by atoms with Gasteiger partial charge in [-0.2, -0.15) is 0 Å². The Morgan fingerprint density at radius 2 is 1.52 bits per heavy atom. The van der Waals surface area contributed by atoms with E-state index >= 15 is 0 Å². The van der Waals surface area contributed by atoms with Crippen LogP contribution in [0.25, 0.3) is 0 Å².